The van der Waals surface area contributed by atoms with Crippen molar-refractivity contribution >= 4 is 23.6 Å². The zero-order chi connectivity index (χ0) is 17.6. The Bertz CT molecular complexity index is 608. The van der Waals surface area contributed by atoms with Gasteiger partial charge >= 0.3 is 0 Å². The van der Waals surface area contributed by atoms with Crippen molar-refractivity contribution in [3.05, 3.63) is 29.8 Å². The van der Waals surface area contributed by atoms with E-state index in [1.165, 1.54) is 11.8 Å². The van der Waals surface area contributed by atoms with E-state index in [0.29, 0.717) is 23.8 Å². The van der Waals surface area contributed by atoms with Gasteiger partial charge in [-0.05, 0) is 50.3 Å². The molecule has 2 fully saturated rings. The number of carbonyl (C=O) groups is 2. The lowest BCUT2D eigenvalue weighted by Gasteiger charge is -2.31. The van der Waals surface area contributed by atoms with Gasteiger partial charge in [0.05, 0.1) is 11.3 Å². The van der Waals surface area contributed by atoms with E-state index < -0.39 is 0 Å². The number of carbonyl (C=O) groups excluding carboxylic acids is 2. The van der Waals surface area contributed by atoms with Crippen LogP contribution in [0.2, 0.25) is 0 Å². The van der Waals surface area contributed by atoms with Crippen LogP contribution in [0.3, 0.4) is 0 Å². The number of nitrogens with zero attached hydrogens (tertiary/aromatic N) is 2. The predicted octanol–water partition coefficient (Wildman–Crippen LogP) is 2.21. The Labute approximate surface area is 153 Å². The third kappa shape index (κ3) is 4.55. The lowest BCUT2D eigenvalue weighted by molar-refractivity contribution is -0.127. The quantitative estimate of drug-likeness (QED) is 0.817. The highest BCUT2D eigenvalue weighted by Gasteiger charge is 2.25. The van der Waals surface area contributed by atoms with Gasteiger partial charge in [-0.15, -0.1) is 11.8 Å². The first kappa shape index (κ1) is 18.3. The largest absolute Gasteiger partial charge is 0.342 e. The normalized spacial score (nSPS) is 18.6. The van der Waals surface area contributed by atoms with Gasteiger partial charge in [0, 0.05) is 31.1 Å². The summed E-state index contributed by atoms with van der Waals surface area (Å²) in [5.41, 5.74) is 6.45. The molecule has 2 saturated heterocycles. The van der Waals surface area contributed by atoms with E-state index in [2.05, 4.69) is 0 Å². The van der Waals surface area contributed by atoms with Crippen LogP contribution in [0.5, 0.6) is 0 Å². The number of piperidine rings is 1. The Morgan fingerprint density at radius 2 is 1.72 bits per heavy atom. The van der Waals surface area contributed by atoms with E-state index in [1.807, 2.05) is 34.1 Å². The second-order valence-corrected chi connectivity index (χ2v) is 7.86. The van der Waals surface area contributed by atoms with E-state index in [0.717, 1.165) is 56.8 Å². The Morgan fingerprint density at radius 1 is 1.04 bits per heavy atom. The summed E-state index contributed by atoms with van der Waals surface area (Å²) in [7, 11) is 0. The van der Waals surface area contributed by atoms with Crippen LogP contribution in [-0.2, 0) is 4.79 Å². The van der Waals surface area contributed by atoms with Crippen LogP contribution in [0.4, 0.5) is 0 Å². The number of likely N-dealkylation sites (tertiary alicyclic amines) is 2. The summed E-state index contributed by atoms with van der Waals surface area (Å²) in [6, 6.07) is 7.65. The van der Waals surface area contributed by atoms with Crippen LogP contribution in [-0.4, -0.2) is 60.1 Å². The van der Waals surface area contributed by atoms with E-state index in [-0.39, 0.29) is 11.8 Å². The number of hydrogen-bond acceptors (Lipinski definition) is 4. The highest BCUT2D eigenvalue weighted by atomic mass is 32.2. The molecule has 2 heterocycles. The monoisotopic (exact) mass is 361 g/mol. The summed E-state index contributed by atoms with van der Waals surface area (Å²) in [6.07, 6.45) is 4.16. The third-order valence-corrected chi connectivity index (χ3v) is 6.22. The number of hydrogen-bond donors (Lipinski definition) is 1. The second kappa shape index (κ2) is 8.72. The van der Waals surface area contributed by atoms with Crippen molar-refractivity contribution in [2.45, 2.75) is 30.6 Å². The zero-order valence-corrected chi connectivity index (χ0v) is 15.5. The molecule has 136 valence electrons. The van der Waals surface area contributed by atoms with Gasteiger partial charge in [0.15, 0.2) is 0 Å². The van der Waals surface area contributed by atoms with Crippen molar-refractivity contribution in [3.8, 4) is 0 Å². The fraction of sp³-hybridized carbons (Fsp3) is 0.579. The van der Waals surface area contributed by atoms with Gasteiger partial charge in [-0.3, -0.25) is 9.59 Å². The van der Waals surface area contributed by atoms with Crippen LogP contribution in [0.1, 0.15) is 36.0 Å². The highest BCUT2D eigenvalue weighted by molar-refractivity contribution is 8.00. The lowest BCUT2D eigenvalue weighted by atomic mass is 9.96. The van der Waals surface area contributed by atoms with Crippen LogP contribution >= 0.6 is 11.8 Å². The van der Waals surface area contributed by atoms with Crippen molar-refractivity contribution in [2.75, 3.05) is 38.5 Å². The second-order valence-electron chi connectivity index (χ2n) is 6.84. The Kier molecular flexibility index (Phi) is 6.37. The molecule has 2 aliphatic heterocycles. The van der Waals surface area contributed by atoms with Crippen molar-refractivity contribution in [3.63, 3.8) is 0 Å². The van der Waals surface area contributed by atoms with Crippen molar-refractivity contribution in [2.24, 2.45) is 11.7 Å². The van der Waals surface area contributed by atoms with Gasteiger partial charge in [-0.2, -0.15) is 0 Å². The van der Waals surface area contributed by atoms with Gasteiger partial charge in [-0.25, -0.2) is 0 Å². The Morgan fingerprint density at radius 3 is 2.40 bits per heavy atom. The molecule has 1 aromatic rings. The number of amides is 2. The van der Waals surface area contributed by atoms with Crippen molar-refractivity contribution < 1.29 is 9.59 Å². The van der Waals surface area contributed by atoms with Crippen molar-refractivity contribution in [1.82, 2.24) is 9.80 Å². The summed E-state index contributed by atoms with van der Waals surface area (Å²) in [6.45, 7) is 3.98. The first-order chi connectivity index (χ1) is 12.2. The number of benzene rings is 1. The van der Waals surface area contributed by atoms with Gasteiger partial charge in [-0.1, -0.05) is 12.1 Å². The van der Waals surface area contributed by atoms with E-state index in [1.54, 1.807) is 0 Å². The molecule has 0 saturated carbocycles. The average Bonchev–Trinajstić information content (AvgIpc) is 3.21. The molecule has 0 unspecified atom stereocenters. The van der Waals surface area contributed by atoms with Crippen LogP contribution in [0.15, 0.2) is 29.2 Å². The topological polar surface area (TPSA) is 66.6 Å². The molecule has 0 aliphatic carbocycles. The van der Waals surface area contributed by atoms with Crippen LogP contribution < -0.4 is 5.73 Å². The molecule has 2 N–H and O–H groups in total. The third-order valence-electron chi connectivity index (χ3n) is 5.16. The van der Waals surface area contributed by atoms with E-state index in [9.17, 15) is 9.59 Å². The molecule has 5 nitrogen and oxygen atoms in total. The van der Waals surface area contributed by atoms with Crippen molar-refractivity contribution in [1.29, 1.82) is 0 Å². The standard InChI is InChI=1S/C19H27N3O2S/c20-13-15-7-11-22(12-8-15)19(24)16-5-1-2-6-17(16)25-14-18(23)21-9-3-4-10-21/h1-2,5-6,15H,3-4,7-14,20H2. The van der Waals surface area contributed by atoms with E-state index in [4.69, 9.17) is 5.73 Å². The van der Waals surface area contributed by atoms with Crippen LogP contribution in [0.25, 0.3) is 0 Å². The van der Waals surface area contributed by atoms with Gasteiger partial charge < -0.3 is 15.5 Å². The molecule has 0 atom stereocenters. The molecule has 0 radical (unpaired) electrons. The summed E-state index contributed by atoms with van der Waals surface area (Å²) in [5.74, 6) is 1.19. The van der Waals surface area contributed by atoms with Gasteiger partial charge in [0.1, 0.15) is 0 Å². The molecule has 1 aromatic carbocycles. The summed E-state index contributed by atoms with van der Waals surface area (Å²) in [4.78, 5) is 29.9. The minimum Gasteiger partial charge on any atom is -0.342 e. The molecule has 0 bridgehead atoms. The van der Waals surface area contributed by atoms with Gasteiger partial charge in [0.25, 0.3) is 5.91 Å². The smallest absolute Gasteiger partial charge is 0.254 e. The zero-order valence-electron chi connectivity index (χ0n) is 14.7. The number of rotatable bonds is 5. The summed E-state index contributed by atoms with van der Waals surface area (Å²) < 4.78 is 0. The molecule has 2 aliphatic rings. The average molecular weight is 362 g/mol. The molecule has 0 spiro atoms. The number of nitrogens with two attached hydrogens (primary N) is 1. The number of thioether (sulfide) groups is 1. The highest BCUT2D eigenvalue weighted by Crippen LogP contribution is 2.26. The summed E-state index contributed by atoms with van der Waals surface area (Å²) >= 11 is 1.48. The predicted molar refractivity (Wildman–Crippen MR) is 101 cm³/mol. The molecule has 2 amide bonds. The molecule has 25 heavy (non-hydrogen) atoms. The molecule has 3 rings (SSSR count). The van der Waals surface area contributed by atoms with Gasteiger partial charge in [0.2, 0.25) is 5.91 Å². The maximum Gasteiger partial charge on any atom is 0.254 e. The first-order valence-corrected chi connectivity index (χ1v) is 10.2. The maximum absolute atomic E-state index is 12.9. The fourth-order valence-electron chi connectivity index (χ4n) is 3.51. The Hall–Kier alpha value is -1.53. The lowest BCUT2D eigenvalue weighted by Crippen LogP contribution is -2.40. The van der Waals surface area contributed by atoms with Crippen LogP contribution in [0, 0.1) is 5.92 Å². The summed E-state index contributed by atoms with van der Waals surface area (Å²) in [5, 5.41) is 0. The molecular formula is C19H27N3O2S. The molecule has 0 aromatic heterocycles. The molecular weight excluding hydrogens is 334 g/mol. The Balaban J connectivity index is 1.62. The minimum atomic E-state index is 0.0761. The van der Waals surface area contributed by atoms with E-state index >= 15 is 0 Å². The SMILES string of the molecule is NCC1CCN(C(=O)c2ccccc2SCC(=O)N2CCCC2)CC1. The first-order valence-electron chi connectivity index (χ1n) is 9.18. The fourth-order valence-corrected chi connectivity index (χ4v) is 4.46. The minimum absolute atomic E-state index is 0.0761. The molecule has 6 heteroatoms. The maximum atomic E-state index is 12.9.